The number of nitrogen functional groups attached to an aromatic ring is 1. The summed E-state index contributed by atoms with van der Waals surface area (Å²) in [4.78, 5) is 35.6. The highest BCUT2D eigenvalue weighted by atomic mass is 32.1. The van der Waals surface area contributed by atoms with E-state index in [-0.39, 0.29) is 11.9 Å². The number of aryl methyl sites for hydroxylation is 1. The highest BCUT2D eigenvalue weighted by Gasteiger charge is 2.25. The molecule has 1 fully saturated rings. The number of aromatic nitrogens is 2. The maximum absolute atomic E-state index is 11.7. The number of unbranched alkanes of at least 4 members (excludes halogenated alkanes) is 1. The summed E-state index contributed by atoms with van der Waals surface area (Å²) in [5.41, 5.74) is 12.9. The van der Waals surface area contributed by atoms with E-state index in [9.17, 15) is 9.59 Å². The van der Waals surface area contributed by atoms with E-state index < -0.39 is 5.91 Å². The summed E-state index contributed by atoms with van der Waals surface area (Å²) in [6.45, 7) is 5.21. The van der Waals surface area contributed by atoms with Crippen molar-refractivity contribution in [1.82, 2.24) is 15.3 Å². The molecule has 0 spiro atoms. The lowest BCUT2D eigenvalue weighted by molar-refractivity contribution is -0.119. The van der Waals surface area contributed by atoms with Crippen molar-refractivity contribution in [2.45, 2.75) is 52.0 Å². The molecule has 8 nitrogen and oxygen atoms in total. The Hall–Kier alpha value is -2.42. The molecular formula is C18H26N6O2S. The number of nitrogens with two attached hydrogens (primary N) is 2. The minimum atomic E-state index is -0.533. The molecule has 146 valence electrons. The number of amides is 2. The van der Waals surface area contributed by atoms with Gasteiger partial charge in [0.2, 0.25) is 11.9 Å². The first kappa shape index (κ1) is 19.3. The molecule has 1 saturated heterocycles. The summed E-state index contributed by atoms with van der Waals surface area (Å²) < 4.78 is 0. The van der Waals surface area contributed by atoms with Crippen molar-refractivity contribution in [2.75, 3.05) is 23.7 Å². The average Bonchev–Trinajstić information content (AvgIpc) is 2.97. The van der Waals surface area contributed by atoms with Gasteiger partial charge in [0.1, 0.15) is 9.71 Å². The predicted octanol–water partition coefficient (Wildman–Crippen LogP) is 1.82. The molecule has 3 rings (SSSR count). The number of fused-ring (bicyclic) bond motifs is 1. The van der Waals surface area contributed by atoms with Gasteiger partial charge in [0.25, 0.3) is 5.91 Å². The van der Waals surface area contributed by atoms with Gasteiger partial charge >= 0.3 is 0 Å². The molecule has 0 bridgehead atoms. The fourth-order valence-electron chi connectivity index (χ4n) is 3.44. The lowest BCUT2D eigenvalue weighted by Crippen LogP contribution is -2.44. The Morgan fingerprint density at radius 3 is 2.59 bits per heavy atom. The molecule has 0 aromatic carbocycles. The van der Waals surface area contributed by atoms with E-state index in [0.717, 1.165) is 56.3 Å². The van der Waals surface area contributed by atoms with E-state index in [1.807, 2.05) is 0 Å². The van der Waals surface area contributed by atoms with Gasteiger partial charge in [-0.2, -0.15) is 0 Å². The molecule has 0 aliphatic carbocycles. The highest BCUT2D eigenvalue weighted by molar-refractivity contribution is 7.21. The van der Waals surface area contributed by atoms with E-state index in [4.69, 9.17) is 16.5 Å². The number of piperidine rings is 1. The van der Waals surface area contributed by atoms with Crippen LogP contribution in [0.5, 0.6) is 0 Å². The highest BCUT2D eigenvalue weighted by Crippen LogP contribution is 2.36. The van der Waals surface area contributed by atoms with Gasteiger partial charge in [-0.25, -0.2) is 9.97 Å². The van der Waals surface area contributed by atoms with Gasteiger partial charge in [-0.1, -0.05) is 13.3 Å². The van der Waals surface area contributed by atoms with Crippen molar-refractivity contribution in [1.29, 1.82) is 0 Å². The van der Waals surface area contributed by atoms with Crippen LogP contribution >= 0.6 is 11.3 Å². The second-order valence-corrected chi connectivity index (χ2v) is 7.92. The Morgan fingerprint density at radius 1 is 1.30 bits per heavy atom. The lowest BCUT2D eigenvalue weighted by atomic mass is 10.1. The number of anilines is 2. The second kappa shape index (κ2) is 8.08. The molecule has 3 heterocycles. The fourth-order valence-corrected chi connectivity index (χ4v) is 4.41. The van der Waals surface area contributed by atoms with Gasteiger partial charge in [-0.05, 0) is 25.7 Å². The standard InChI is InChI=1S/C18H26N6O2S/c1-3-4-5-12-13-14(19)15(16(20)26)27-17(13)23-18(22-12)24-8-6-11(7-9-24)21-10(2)25/h11H,3-9,19H2,1-2H3,(H2,20,26)(H,21,25). The molecule has 1 aliphatic rings. The summed E-state index contributed by atoms with van der Waals surface area (Å²) >= 11 is 1.23. The summed E-state index contributed by atoms with van der Waals surface area (Å²) in [7, 11) is 0. The van der Waals surface area contributed by atoms with Crippen molar-refractivity contribution in [3.05, 3.63) is 10.6 Å². The van der Waals surface area contributed by atoms with Crippen molar-refractivity contribution < 1.29 is 9.59 Å². The molecule has 0 unspecified atom stereocenters. The number of hydrogen-bond acceptors (Lipinski definition) is 7. The maximum atomic E-state index is 11.7. The zero-order valence-corrected chi connectivity index (χ0v) is 16.6. The van der Waals surface area contributed by atoms with Crippen molar-refractivity contribution in [3.63, 3.8) is 0 Å². The predicted molar refractivity (Wildman–Crippen MR) is 108 cm³/mol. The molecule has 5 N–H and O–H groups in total. The molecule has 2 aromatic rings. The van der Waals surface area contributed by atoms with Gasteiger partial charge in [0, 0.05) is 26.1 Å². The van der Waals surface area contributed by atoms with Crippen LogP contribution in [0.4, 0.5) is 11.6 Å². The largest absolute Gasteiger partial charge is 0.397 e. The van der Waals surface area contributed by atoms with Crippen LogP contribution in [0.1, 0.15) is 54.9 Å². The normalized spacial score (nSPS) is 15.3. The fraction of sp³-hybridized carbons (Fsp3) is 0.556. The Bertz CT molecular complexity index is 857. The first-order valence-corrected chi connectivity index (χ1v) is 10.1. The zero-order chi connectivity index (χ0) is 19.6. The quantitative estimate of drug-likeness (QED) is 0.690. The Kier molecular flexibility index (Phi) is 5.79. The van der Waals surface area contributed by atoms with Crippen LogP contribution in [-0.2, 0) is 11.2 Å². The van der Waals surface area contributed by atoms with E-state index in [0.29, 0.717) is 21.3 Å². The monoisotopic (exact) mass is 390 g/mol. The number of nitrogens with one attached hydrogen (secondary N) is 1. The SMILES string of the molecule is CCCCc1nc(N2CCC(NC(C)=O)CC2)nc2sc(C(N)=O)c(N)c12. The Labute approximate surface area is 162 Å². The smallest absolute Gasteiger partial charge is 0.260 e. The van der Waals surface area contributed by atoms with Gasteiger partial charge in [-0.3, -0.25) is 9.59 Å². The molecule has 1 aliphatic heterocycles. The molecular weight excluding hydrogens is 364 g/mol. The van der Waals surface area contributed by atoms with Crippen molar-refractivity contribution >= 4 is 45.0 Å². The molecule has 0 radical (unpaired) electrons. The molecule has 2 aromatic heterocycles. The van der Waals surface area contributed by atoms with Gasteiger partial charge in [0.05, 0.1) is 16.8 Å². The Balaban J connectivity index is 1.92. The van der Waals surface area contributed by atoms with Crippen LogP contribution in [0, 0.1) is 0 Å². The van der Waals surface area contributed by atoms with Crippen LogP contribution < -0.4 is 21.7 Å². The van der Waals surface area contributed by atoms with Crippen LogP contribution in [-0.4, -0.2) is 40.9 Å². The van der Waals surface area contributed by atoms with Crippen LogP contribution in [0.3, 0.4) is 0 Å². The third-order valence-corrected chi connectivity index (χ3v) is 5.94. The number of nitrogens with zero attached hydrogens (tertiary/aromatic N) is 3. The number of rotatable bonds is 6. The summed E-state index contributed by atoms with van der Waals surface area (Å²) in [5.74, 6) is 0.128. The third-order valence-electron chi connectivity index (χ3n) is 4.83. The molecule has 0 atom stereocenters. The first-order chi connectivity index (χ1) is 12.9. The van der Waals surface area contributed by atoms with E-state index >= 15 is 0 Å². The van der Waals surface area contributed by atoms with Crippen LogP contribution in [0.25, 0.3) is 10.2 Å². The molecule has 2 amide bonds. The average molecular weight is 391 g/mol. The van der Waals surface area contributed by atoms with E-state index in [2.05, 4.69) is 22.1 Å². The van der Waals surface area contributed by atoms with Gasteiger partial charge < -0.3 is 21.7 Å². The van der Waals surface area contributed by atoms with Crippen LogP contribution in [0.15, 0.2) is 0 Å². The van der Waals surface area contributed by atoms with Crippen LogP contribution in [0.2, 0.25) is 0 Å². The van der Waals surface area contributed by atoms with Crippen molar-refractivity contribution in [2.24, 2.45) is 5.73 Å². The lowest BCUT2D eigenvalue weighted by Gasteiger charge is -2.32. The van der Waals surface area contributed by atoms with Gasteiger partial charge in [0.15, 0.2) is 0 Å². The van der Waals surface area contributed by atoms with E-state index in [1.54, 1.807) is 6.92 Å². The number of thiophene rings is 1. The van der Waals surface area contributed by atoms with Gasteiger partial charge in [-0.15, -0.1) is 11.3 Å². The number of carbonyl (C=O) groups excluding carboxylic acids is 2. The maximum Gasteiger partial charge on any atom is 0.260 e. The third kappa shape index (κ3) is 4.13. The van der Waals surface area contributed by atoms with Crippen molar-refractivity contribution in [3.8, 4) is 0 Å². The van der Waals surface area contributed by atoms with E-state index in [1.165, 1.54) is 11.3 Å². The number of hydrogen-bond donors (Lipinski definition) is 3. The molecule has 0 saturated carbocycles. The minimum Gasteiger partial charge on any atom is -0.397 e. The number of primary amides is 1. The summed E-state index contributed by atoms with van der Waals surface area (Å²) in [6.07, 6.45) is 4.51. The summed E-state index contributed by atoms with van der Waals surface area (Å²) in [5, 5.41) is 3.74. The first-order valence-electron chi connectivity index (χ1n) is 9.31. The second-order valence-electron chi connectivity index (χ2n) is 6.92. The topological polar surface area (TPSA) is 127 Å². The Morgan fingerprint density at radius 2 is 2.00 bits per heavy atom. The minimum absolute atomic E-state index is 0.000938. The molecule has 27 heavy (non-hydrogen) atoms. The number of carbonyl (C=O) groups is 2. The summed E-state index contributed by atoms with van der Waals surface area (Å²) in [6, 6.07) is 0.195. The zero-order valence-electron chi connectivity index (χ0n) is 15.7. The molecule has 9 heteroatoms.